The van der Waals surface area contributed by atoms with Gasteiger partial charge in [0.1, 0.15) is 0 Å². The van der Waals surface area contributed by atoms with Crippen LogP contribution >= 0.6 is 0 Å². The fourth-order valence-corrected chi connectivity index (χ4v) is 3.25. The van der Waals surface area contributed by atoms with Crippen molar-refractivity contribution in [1.82, 2.24) is 0 Å². The molecule has 1 heteroatoms. The lowest BCUT2D eigenvalue weighted by molar-refractivity contribution is -0.0164. The topological polar surface area (TPSA) is 9.23 Å². The molecule has 0 N–H and O–H groups in total. The average Bonchev–Trinajstić information content (AvgIpc) is 2.67. The molecule has 0 aromatic heterocycles. The van der Waals surface area contributed by atoms with E-state index in [1.54, 1.807) is 0 Å². The van der Waals surface area contributed by atoms with E-state index in [-0.39, 0.29) is 0 Å². The summed E-state index contributed by atoms with van der Waals surface area (Å²) in [5.74, 6) is 1.78. The molecule has 0 aromatic carbocycles. The molecule has 2 aliphatic rings. The first-order valence-electron chi connectivity index (χ1n) is 6.46. The molecule has 2 fully saturated rings. The summed E-state index contributed by atoms with van der Waals surface area (Å²) in [7, 11) is 0. The molecule has 4 atom stereocenters. The van der Waals surface area contributed by atoms with Crippen LogP contribution in [0.3, 0.4) is 0 Å². The first kappa shape index (κ1) is 10.5. The molecular formula is C13H24O. The first-order chi connectivity index (χ1) is 6.81. The number of rotatable bonds is 2. The third-order valence-corrected chi connectivity index (χ3v) is 4.25. The lowest BCUT2D eigenvalue weighted by Gasteiger charge is -2.33. The van der Waals surface area contributed by atoms with Gasteiger partial charge in [-0.2, -0.15) is 0 Å². The smallest absolute Gasteiger partial charge is 0.0610 e. The average molecular weight is 196 g/mol. The molecule has 2 rings (SSSR count). The maximum Gasteiger partial charge on any atom is 0.0610 e. The van der Waals surface area contributed by atoms with E-state index in [0.29, 0.717) is 12.2 Å². The molecule has 1 saturated heterocycles. The van der Waals surface area contributed by atoms with Crippen molar-refractivity contribution in [3.63, 3.8) is 0 Å². The lowest BCUT2D eigenvalue weighted by atomic mass is 9.76. The fourth-order valence-electron chi connectivity index (χ4n) is 3.25. The minimum absolute atomic E-state index is 0.578. The molecule has 0 amide bonds. The maximum atomic E-state index is 6.12. The molecule has 1 heterocycles. The molecule has 0 radical (unpaired) electrons. The van der Waals surface area contributed by atoms with Crippen molar-refractivity contribution in [1.29, 1.82) is 0 Å². The second-order valence-corrected chi connectivity index (χ2v) is 5.21. The zero-order chi connectivity index (χ0) is 9.97. The van der Waals surface area contributed by atoms with Crippen molar-refractivity contribution in [2.24, 2.45) is 11.8 Å². The highest BCUT2D eigenvalue weighted by Gasteiger charge is 2.34. The van der Waals surface area contributed by atoms with Crippen molar-refractivity contribution in [3.8, 4) is 0 Å². The van der Waals surface area contributed by atoms with E-state index in [1.165, 1.54) is 44.9 Å². The Balaban J connectivity index is 1.88. The predicted octanol–water partition coefficient (Wildman–Crippen LogP) is 3.77. The number of ether oxygens (including phenoxy) is 1. The molecule has 14 heavy (non-hydrogen) atoms. The summed E-state index contributed by atoms with van der Waals surface area (Å²) >= 11 is 0. The van der Waals surface area contributed by atoms with Gasteiger partial charge in [-0.1, -0.05) is 33.1 Å². The highest BCUT2D eigenvalue weighted by molar-refractivity contribution is 4.84. The Morgan fingerprint density at radius 3 is 2.50 bits per heavy atom. The summed E-state index contributed by atoms with van der Waals surface area (Å²) in [6.07, 6.45) is 10.8. The van der Waals surface area contributed by atoms with Crippen LogP contribution in [-0.2, 0) is 4.74 Å². The highest BCUT2D eigenvalue weighted by atomic mass is 16.5. The Labute approximate surface area is 88.2 Å². The molecule has 0 spiro atoms. The molecule has 3 unspecified atom stereocenters. The first-order valence-corrected chi connectivity index (χ1v) is 6.46. The highest BCUT2D eigenvalue weighted by Crippen LogP contribution is 2.38. The van der Waals surface area contributed by atoms with Crippen LogP contribution in [0.25, 0.3) is 0 Å². The normalized spacial score (nSPS) is 44.1. The van der Waals surface area contributed by atoms with E-state index < -0.39 is 0 Å². The van der Waals surface area contributed by atoms with Crippen molar-refractivity contribution in [2.45, 2.75) is 71.0 Å². The third-order valence-electron chi connectivity index (χ3n) is 4.25. The molecule has 82 valence electrons. The lowest BCUT2D eigenvalue weighted by Crippen LogP contribution is -2.29. The summed E-state index contributed by atoms with van der Waals surface area (Å²) < 4.78 is 6.12. The largest absolute Gasteiger partial charge is 0.375 e. The summed E-state index contributed by atoms with van der Waals surface area (Å²) in [6, 6.07) is 0. The van der Waals surface area contributed by atoms with Gasteiger partial charge in [0.05, 0.1) is 12.2 Å². The Hall–Kier alpha value is -0.0400. The Morgan fingerprint density at radius 2 is 1.86 bits per heavy atom. The second-order valence-electron chi connectivity index (χ2n) is 5.21. The van der Waals surface area contributed by atoms with Crippen LogP contribution in [0.5, 0.6) is 0 Å². The van der Waals surface area contributed by atoms with E-state index in [1.807, 2.05) is 0 Å². The van der Waals surface area contributed by atoms with Gasteiger partial charge in [-0.3, -0.25) is 0 Å². The van der Waals surface area contributed by atoms with Crippen LogP contribution in [0.15, 0.2) is 0 Å². The minimum atomic E-state index is 0.578. The zero-order valence-electron chi connectivity index (χ0n) is 9.67. The Morgan fingerprint density at radius 1 is 1.07 bits per heavy atom. The summed E-state index contributed by atoms with van der Waals surface area (Å²) in [5.41, 5.74) is 0. The van der Waals surface area contributed by atoms with Crippen molar-refractivity contribution in [3.05, 3.63) is 0 Å². The van der Waals surface area contributed by atoms with E-state index in [9.17, 15) is 0 Å². The molecular weight excluding hydrogens is 172 g/mol. The molecule has 0 bridgehead atoms. The van der Waals surface area contributed by atoms with E-state index in [2.05, 4.69) is 13.8 Å². The van der Waals surface area contributed by atoms with Crippen LogP contribution < -0.4 is 0 Å². The van der Waals surface area contributed by atoms with Crippen molar-refractivity contribution < 1.29 is 4.74 Å². The predicted molar refractivity (Wildman–Crippen MR) is 59.3 cm³/mol. The quantitative estimate of drug-likeness (QED) is 0.653. The maximum absolute atomic E-state index is 6.12. The SMILES string of the molecule is CC[C@H]1CCC(C2CCCCC2C)O1. The Kier molecular flexibility index (Phi) is 3.48. The molecule has 1 aliphatic carbocycles. The fraction of sp³-hybridized carbons (Fsp3) is 1.00. The molecule has 1 nitrogen and oxygen atoms in total. The van der Waals surface area contributed by atoms with Crippen LogP contribution in [0, 0.1) is 11.8 Å². The molecule has 0 aromatic rings. The Bertz CT molecular complexity index is 178. The summed E-state index contributed by atoms with van der Waals surface area (Å²) in [4.78, 5) is 0. The minimum Gasteiger partial charge on any atom is -0.375 e. The van der Waals surface area contributed by atoms with Gasteiger partial charge in [0.15, 0.2) is 0 Å². The number of hydrogen-bond donors (Lipinski definition) is 0. The van der Waals surface area contributed by atoms with Crippen molar-refractivity contribution >= 4 is 0 Å². The van der Waals surface area contributed by atoms with Crippen LogP contribution in [0.2, 0.25) is 0 Å². The van der Waals surface area contributed by atoms with Gasteiger partial charge in [-0.15, -0.1) is 0 Å². The van der Waals surface area contributed by atoms with E-state index in [0.717, 1.165) is 11.8 Å². The van der Waals surface area contributed by atoms with Gasteiger partial charge in [-0.05, 0) is 37.5 Å². The second kappa shape index (κ2) is 4.65. The van der Waals surface area contributed by atoms with Gasteiger partial charge in [0, 0.05) is 0 Å². The van der Waals surface area contributed by atoms with Crippen LogP contribution in [0.1, 0.15) is 58.8 Å². The molecule has 1 aliphatic heterocycles. The third kappa shape index (κ3) is 2.13. The van der Waals surface area contributed by atoms with Gasteiger partial charge in [0.2, 0.25) is 0 Å². The summed E-state index contributed by atoms with van der Waals surface area (Å²) in [6.45, 7) is 4.67. The van der Waals surface area contributed by atoms with Crippen molar-refractivity contribution in [2.75, 3.05) is 0 Å². The van der Waals surface area contributed by atoms with Gasteiger partial charge >= 0.3 is 0 Å². The van der Waals surface area contributed by atoms with Crippen LogP contribution in [-0.4, -0.2) is 12.2 Å². The summed E-state index contributed by atoms with van der Waals surface area (Å²) in [5, 5.41) is 0. The van der Waals surface area contributed by atoms with Gasteiger partial charge in [-0.25, -0.2) is 0 Å². The van der Waals surface area contributed by atoms with Gasteiger partial charge in [0.25, 0.3) is 0 Å². The standard InChI is InChI=1S/C13H24O/c1-3-11-8-9-13(14-11)12-7-5-4-6-10(12)2/h10-13H,3-9H2,1-2H3/t10?,11-,12?,13?/m0/s1. The van der Waals surface area contributed by atoms with Crippen LogP contribution in [0.4, 0.5) is 0 Å². The van der Waals surface area contributed by atoms with E-state index >= 15 is 0 Å². The van der Waals surface area contributed by atoms with Gasteiger partial charge < -0.3 is 4.74 Å². The molecule has 1 saturated carbocycles. The zero-order valence-corrected chi connectivity index (χ0v) is 9.67. The monoisotopic (exact) mass is 196 g/mol. The number of hydrogen-bond acceptors (Lipinski definition) is 1. The van der Waals surface area contributed by atoms with E-state index in [4.69, 9.17) is 4.74 Å².